The molecule has 4 heteroatoms. The van der Waals surface area contributed by atoms with Crippen LogP contribution in [-0.2, 0) is 4.79 Å². The fourth-order valence-corrected chi connectivity index (χ4v) is 1.45. The lowest BCUT2D eigenvalue weighted by Crippen LogP contribution is -1.99. The predicted molar refractivity (Wildman–Crippen MR) is 52.2 cm³/mol. The lowest BCUT2D eigenvalue weighted by atomic mass is 9.97. The van der Waals surface area contributed by atoms with Crippen LogP contribution in [0.25, 0.3) is 0 Å². The second-order valence-electron chi connectivity index (χ2n) is 3.09. The fraction of sp³-hybridized carbons (Fsp3) is 0.300. The number of rotatable bonds is 3. The number of hydrogen-bond donors (Lipinski definition) is 1. The number of phenols is 1. The Bertz CT molecular complexity index is 352. The molecule has 0 saturated carbocycles. The number of carbonyl (C=O) groups is 1. The van der Waals surface area contributed by atoms with E-state index in [0.29, 0.717) is 6.29 Å². The molecule has 0 amide bonds. The largest absolute Gasteiger partial charge is 0.506 e. The predicted octanol–water partition coefficient (Wildman–Crippen LogP) is 2.88. The first-order valence-corrected chi connectivity index (χ1v) is 4.56. The van der Waals surface area contributed by atoms with E-state index >= 15 is 0 Å². The topological polar surface area (TPSA) is 37.3 Å². The fourth-order valence-electron chi connectivity index (χ4n) is 1.29. The van der Waals surface area contributed by atoms with Crippen molar-refractivity contribution in [3.63, 3.8) is 0 Å². The van der Waals surface area contributed by atoms with Gasteiger partial charge in [-0.05, 0) is 18.1 Å². The Balaban J connectivity index is 3.17. The molecule has 1 aromatic rings. The first-order chi connectivity index (χ1) is 6.57. The molecule has 0 radical (unpaired) electrons. The van der Waals surface area contributed by atoms with Gasteiger partial charge in [0.05, 0.1) is 5.02 Å². The van der Waals surface area contributed by atoms with E-state index in [4.69, 9.17) is 11.6 Å². The SMILES string of the molecule is CC(CC=O)c1c(F)ccc(Cl)c1O. The maximum atomic E-state index is 13.3. The summed E-state index contributed by atoms with van der Waals surface area (Å²) in [5, 5.41) is 9.58. The molecule has 0 aliphatic rings. The first kappa shape index (κ1) is 11.0. The molecular weight excluding hydrogens is 207 g/mol. The standard InChI is InChI=1S/C10H10ClFO2/c1-6(4-5-13)9-8(12)3-2-7(11)10(9)14/h2-3,5-6,14H,4H2,1H3. The van der Waals surface area contributed by atoms with Crippen molar-refractivity contribution in [2.45, 2.75) is 19.3 Å². The lowest BCUT2D eigenvalue weighted by molar-refractivity contribution is -0.108. The minimum absolute atomic E-state index is 0.0964. The summed E-state index contributed by atoms with van der Waals surface area (Å²) in [6, 6.07) is 2.46. The molecule has 0 heterocycles. The average Bonchev–Trinajstić information content (AvgIpc) is 2.13. The zero-order valence-electron chi connectivity index (χ0n) is 7.63. The number of halogens is 2. The summed E-state index contributed by atoms with van der Waals surface area (Å²) in [6.07, 6.45) is 0.843. The maximum Gasteiger partial charge on any atom is 0.140 e. The first-order valence-electron chi connectivity index (χ1n) is 4.18. The Labute approximate surface area is 86.3 Å². The monoisotopic (exact) mass is 216 g/mol. The molecule has 76 valence electrons. The zero-order valence-corrected chi connectivity index (χ0v) is 8.38. The van der Waals surface area contributed by atoms with Gasteiger partial charge in [-0.25, -0.2) is 4.39 Å². The molecule has 0 aromatic heterocycles. The highest BCUT2D eigenvalue weighted by Gasteiger charge is 2.17. The molecule has 14 heavy (non-hydrogen) atoms. The van der Waals surface area contributed by atoms with E-state index in [-0.39, 0.29) is 28.7 Å². The van der Waals surface area contributed by atoms with Crippen LogP contribution in [0.3, 0.4) is 0 Å². The molecule has 1 unspecified atom stereocenters. The Morgan fingerprint density at radius 3 is 2.86 bits per heavy atom. The number of aldehydes is 1. The number of carbonyl (C=O) groups excluding carboxylic acids is 1. The maximum absolute atomic E-state index is 13.3. The molecule has 0 saturated heterocycles. The number of benzene rings is 1. The van der Waals surface area contributed by atoms with E-state index in [2.05, 4.69) is 0 Å². The van der Waals surface area contributed by atoms with Crippen LogP contribution in [0.4, 0.5) is 4.39 Å². The van der Waals surface area contributed by atoms with Crippen LogP contribution in [0.2, 0.25) is 5.02 Å². The molecule has 2 nitrogen and oxygen atoms in total. The quantitative estimate of drug-likeness (QED) is 0.789. The normalized spacial score (nSPS) is 12.5. The van der Waals surface area contributed by atoms with Gasteiger partial charge in [0.15, 0.2) is 0 Å². The molecule has 0 fully saturated rings. The number of hydrogen-bond acceptors (Lipinski definition) is 2. The second kappa shape index (κ2) is 4.42. The van der Waals surface area contributed by atoms with Crippen molar-refractivity contribution in [2.24, 2.45) is 0 Å². The van der Waals surface area contributed by atoms with Gasteiger partial charge in [-0.1, -0.05) is 18.5 Å². The van der Waals surface area contributed by atoms with Crippen molar-refractivity contribution >= 4 is 17.9 Å². The van der Waals surface area contributed by atoms with Gasteiger partial charge in [0.1, 0.15) is 17.9 Å². The van der Waals surface area contributed by atoms with Crippen LogP contribution in [-0.4, -0.2) is 11.4 Å². The van der Waals surface area contributed by atoms with Gasteiger partial charge in [0.25, 0.3) is 0 Å². The van der Waals surface area contributed by atoms with E-state index in [0.717, 1.165) is 0 Å². The van der Waals surface area contributed by atoms with Crippen molar-refractivity contribution in [3.05, 3.63) is 28.5 Å². The van der Waals surface area contributed by atoms with Gasteiger partial charge in [-0.3, -0.25) is 0 Å². The van der Waals surface area contributed by atoms with Crippen LogP contribution in [0.1, 0.15) is 24.8 Å². The van der Waals surface area contributed by atoms with Gasteiger partial charge in [0, 0.05) is 12.0 Å². The number of phenolic OH excluding ortho intramolecular Hbond substituents is 1. The summed E-state index contributed by atoms with van der Waals surface area (Å²) in [5.41, 5.74) is 0.101. The van der Waals surface area contributed by atoms with Crippen LogP contribution >= 0.6 is 11.6 Å². The third kappa shape index (κ3) is 2.04. The average molecular weight is 217 g/mol. The summed E-state index contributed by atoms with van der Waals surface area (Å²) in [5.74, 6) is -1.19. The minimum atomic E-state index is -0.541. The van der Waals surface area contributed by atoms with Crippen molar-refractivity contribution < 1.29 is 14.3 Å². The summed E-state index contributed by atoms with van der Waals surface area (Å²) in [7, 11) is 0. The Morgan fingerprint density at radius 2 is 2.29 bits per heavy atom. The lowest BCUT2D eigenvalue weighted by Gasteiger charge is -2.12. The molecule has 0 spiro atoms. The molecular formula is C10H10ClFO2. The molecule has 1 N–H and O–H groups in total. The van der Waals surface area contributed by atoms with E-state index in [1.54, 1.807) is 6.92 Å². The van der Waals surface area contributed by atoms with Crippen molar-refractivity contribution in [3.8, 4) is 5.75 Å². The van der Waals surface area contributed by atoms with Crippen molar-refractivity contribution in [1.82, 2.24) is 0 Å². The summed E-state index contributed by atoms with van der Waals surface area (Å²) < 4.78 is 13.3. The molecule has 0 aliphatic carbocycles. The van der Waals surface area contributed by atoms with Gasteiger partial charge in [-0.2, -0.15) is 0 Å². The summed E-state index contributed by atoms with van der Waals surface area (Å²) in [6.45, 7) is 1.66. The van der Waals surface area contributed by atoms with Crippen LogP contribution in [0.15, 0.2) is 12.1 Å². The summed E-state index contributed by atoms with van der Waals surface area (Å²) in [4.78, 5) is 10.3. The van der Waals surface area contributed by atoms with E-state index in [1.165, 1.54) is 12.1 Å². The van der Waals surface area contributed by atoms with Crippen molar-refractivity contribution in [2.75, 3.05) is 0 Å². The summed E-state index contributed by atoms with van der Waals surface area (Å²) >= 11 is 5.63. The van der Waals surface area contributed by atoms with Gasteiger partial charge >= 0.3 is 0 Å². The van der Waals surface area contributed by atoms with E-state index < -0.39 is 5.82 Å². The van der Waals surface area contributed by atoms with Crippen LogP contribution < -0.4 is 0 Å². The minimum Gasteiger partial charge on any atom is -0.506 e. The van der Waals surface area contributed by atoms with Crippen LogP contribution in [0, 0.1) is 5.82 Å². The van der Waals surface area contributed by atoms with E-state index in [9.17, 15) is 14.3 Å². The highest BCUT2D eigenvalue weighted by atomic mass is 35.5. The smallest absolute Gasteiger partial charge is 0.140 e. The third-order valence-corrected chi connectivity index (χ3v) is 2.36. The Hall–Kier alpha value is -1.09. The van der Waals surface area contributed by atoms with E-state index in [1.807, 2.05) is 0 Å². The number of aromatic hydroxyl groups is 1. The zero-order chi connectivity index (χ0) is 10.7. The molecule has 0 bridgehead atoms. The van der Waals surface area contributed by atoms with Gasteiger partial charge in [-0.15, -0.1) is 0 Å². The third-order valence-electron chi connectivity index (χ3n) is 2.06. The molecule has 1 rings (SSSR count). The molecule has 0 aliphatic heterocycles. The highest BCUT2D eigenvalue weighted by Crippen LogP contribution is 2.35. The van der Waals surface area contributed by atoms with Crippen LogP contribution in [0.5, 0.6) is 5.75 Å². The van der Waals surface area contributed by atoms with Gasteiger partial charge in [0.2, 0.25) is 0 Å². The Morgan fingerprint density at radius 1 is 1.64 bits per heavy atom. The second-order valence-corrected chi connectivity index (χ2v) is 3.50. The molecule has 1 atom stereocenters. The van der Waals surface area contributed by atoms with Gasteiger partial charge < -0.3 is 9.90 Å². The van der Waals surface area contributed by atoms with Crippen molar-refractivity contribution in [1.29, 1.82) is 0 Å². The molecule has 1 aromatic carbocycles. The highest BCUT2D eigenvalue weighted by molar-refractivity contribution is 6.32. The Kier molecular flexibility index (Phi) is 3.47.